The molecule has 0 fully saturated rings. The van der Waals surface area contributed by atoms with Crippen molar-refractivity contribution in [2.45, 2.75) is 13.8 Å². The normalized spacial score (nSPS) is 10.7. The van der Waals surface area contributed by atoms with E-state index in [2.05, 4.69) is 40.9 Å². The SMILES string of the molecule is CCN(CC)CC#Cc1cc2nccc(Oc3ccc(NC(=O)c4ccc(Oc5ccccc5)cc4)cc3F)c2s1. The Bertz CT molecular complexity index is 1710. The molecule has 0 atom stereocenters. The van der Waals surface area contributed by atoms with Crippen LogP contribution < -0.4 is 14.8 Å². The van der Waals surface area contributed by atoms with Crippen LogP contribution in [0, 0.1) is 17.7 Å². The molecule has 2 aromatic heterocycles. The Hall–Kier alpha value is -4.71. The van der Waals surface area contributed by atoms with Gasteiger partial charge in [-0.1, -0.05) is 43.9 Å². The highest BCUT2D eigenvalue weighted by molar-refractivity contribution is 7.19. The summed E-state index contributed by atoms with van der Waals surface area (Å²) in [5, 5.41) is 2.73. The molecular weight excluding hydrogens is 537 g/mol. The van der Waals surface area contributed by atoms with E-state index in [1.807, 2.05) is 36.4 Å². The number of benzene rings is 3. The molecule has 6 nitrogen and oxygen atoms in total. The Morgan fingerprint density at radius 1 is 0.927 bits per heavy atom. The summed E-state index contributed by atoms with van der Waals surface area (Å²) in [4.78, 5) is 20.3. The fourth-order valence-corrected chi connectivity index (χ4v) is 4.96. The van der Waals surface area contributed by atoms with Crippen LogP contribution in [0.4, 0.5) is 10.1 Å². The minimum Gasteiger partial charge on any atom is -0.457 e. The topological polar surface area (TPSA) is 63.7 Å². The summed E-state index contributed by atoms with van der Waals surface area (Å²) in [6.45, 7) is 6.81. The van der Waals surface area contributed by atoms with E-state index in [-0.39, 0.29) is 11.7 Å². The molecular formula is C33H28FN3O3S. The molecule has 0 aliphatic carbocycles. The lowest BCUT2D eigenvalue weighted by molar-refractivity contribution is 0.102. The first-order chi connectivity index (χ1) is 20.0. The Morgan fingerprint density at radius 3 is 2.41 bits per heavy atom. The minimum atomic E-state index is -0.602. The van der Waals surface area contributed by atoms with Gasteiger partial charge in [0, 0.05) is 29.6 Å². The quantitative estimate of drug-likeness (QED) is 0.184. The fourth-order valence-electron chi connectivity index (χ4n) is 4.02. The summed E-state index contributed by atoms with van der Waals surface area (Å²) < 4.78 is 27.5. The average Bonchev–Trinajstić information content (AvgIpc) is 3.41. The van der Waals surface area contributed by atoms with Gasteiger partial charge in [0.1, 0.15) is 17.2 Å². The highest BCUT2D eigenvalue weighted by atomic mass is 32.1. The molecule has 0 radical (unpaired) electrons. The third-order valence-electron chi connectivity index (χ3n) is 6.29. The predicted octanol–water partition coefficient (Wildman–Crippen LogP) is 7.97. The summed E-state index contributed by atoms with van der Waals surface area (Å²) in [5.41, 5.74) is 1.47. The molecule has 0 saturated carbocycles. The van der Waals surface area contributed by atoms with Crippen LogP contribution in [0.3, 0.4) is 0 Å². The molecule has 5 rings (SSSR count). The van der Waals surface area contributed by atoms with Crippen molar-refractivity contribution in [2.75, 3.05) is 25.0 Å². The van der Waals surface area contributed by atoms with Crippen LogP contribution in [0.1, 0.15) is 29.1 Å². The van der Waals surface area contributed by atoms with E-state index in [9.17, 15) is 4.79 Å². The molecule has 206 valence electrons. The zero-order valence-electron chi connectivity index (χ0n) is 22.7. The number of hydrogen-bond acceptors (Lipinski definition) is 6. The van der Waals surface area contributed by atoms with Crippen molar-refractivity contribution in [1.82, 2.24) is 9.88 Å². The molecule has 0 aliphatic rings. The van der Waals surface area contributed by atoms with Crippen molar-refractivity contribution in [1.29, 1.82) is 0 Å². The van der Waals surface area contributed by atoms with Crippen LogP contribution >= 0.6 is 11.3 Å². The zero-order chi connectivity index (χ0) is 28.6. The Morgan fingerprint density at radius 2 is 1.68 bits per heavy atom. The van der Waals surface area contributed by atoms with E-state index in [4.69, 9.17) is 9.47 Å². The van der Waals surface area contributed by atoms with Gasteiger partial charge in [-0.25, -0.2) is 4.39 Å². The molecule has 0 bridgehead atoms. The molecule has 0 saturated heterocycles. The van der Waals surface area contributed by atoms with Crippen molar-refractivity contribution in [3.63, 3.8) is 0 Å². The van der Waals surface area contributed by atoms with Gasteiger partial charge in [-0.05, 0) is 67.7 Å². The molecule has 5 aromatic rings. The van der Waals surface area contributed by atoms with Crippen LogP contribution in [0.25, 0.3) is 10.2 Å². The van der Waals surface area contributed by atoms with Crippen molar-refractivity contribution < 1.29 is 18.7 Å². The average molecular weight is 566 g/mol. The molecule has 2 heterocycles. The number of carbonyl (C=O) groups excluding carboxylic acids is 1. The van der Waals surface area contributed by atoms with Gasteiger partial charge in [-0.3, -0.25) is 14.7 Å². The van der Waals surface area contributed by atoms with Gasteiger partial charge >= 0.3 is 0 Å². The van der Waals surface area contributed by atoms with Crippen LogP contribution in [0.5, 0.6) is 23.0 Å². The van der Waals surface area contributed by atoms with Crippen molar-refractivity contribution >= 4 is 33.1 Å². The maximum Gasteiger partial charge on any atom is 0.255 e. The molecule has 0 aliphatic heterocycles. The van der Waals surface area contributed by atoms with Gasteiger partial charge < -0.3 is 14.8 Å². The lowest BCUT2D eigenvalue weighted by atomic mass is 10.2. The van der Waals surface area contributed by atoms with Crippen LogP contribution in [0.2, 0.25) is 0 Å². The second-order valence-electron chi connectivity index (χ2n) is 9.04. The van der Waals surface area contributed by atoms with E-state index in [1.54, 1.807) is 42.6 Å². The summed E-state index contributed by atoms with van der Waals surface area (Å²) in [5.74, 6) is 7.28. The second kappa shape index (κ2) is 13.1. The number of anilines is 1. The van der Waals surface area contributed by atoms with Gasteiger partial charge in [-0.15, -0.1) is 11.3 Å². The first kappa shape index (κ1) is 27.8. The number of nitrogens with one attached hydrogen (secondary N) is 1. The van der Waals surface area contributed by atoms with Crippen LogP contribution in [-0.4, -0.2) is 35.4 Å². The minimum absolute atomic E-state index is 0.0421. The fraction of sp³-hybridized carbons (Fsp3) is 0.152. The maximum atomic E-state index is 15.0. The lowest BCUT2D eigenvalue weighted by Crippen LogP contribution is -2.22. The maximum absolute atomic E-state index is 15.0. The number of thiophene rings is 1. The van der Waals surface area contributed by atoms with E-state index >= 15 is 4.39 Å². The smallest absolute Gasteiger partial charge is 0.255 e. The molecule has 0 unspecified atom stereocenters. The number of aromatic nitrogens is 1. The number of pyridine rings is 1. The van der Waals surface area contributed by atoms with Gasteiger partial charge in [-0.2, -0.15) is 0 Å². The summed E-state index contributed by atoms with van der Waals surface area (Å²) >= 11 is 1.46. The predicted molar refractivity (Wildman–Crippen MR) is 162 cm³/mol. The number of halogens is 1. The molecule has 41 heavy (non-hydrogen) atoms. The van der Waals surface area contributed by atoms with Gasteiger partial charge in [0.25, 0.3) is 5.91 Å². The Labute approximate surface area is 242 Å². The first-order valence-corrected chi connectivity index (χ1v) is 14.1. The summed E-state index contributed by atoms with van der Waals surface area (Å²) in [6, 6.07) is 24.0. The lowest BCUT2D eigenvalue weighted by Gasteiger charge is -2.12. The molecule has 0 spiro atoms. The number of ether oxygens (including phenoxy) is 2. The highest BCUT2D eigenvalue weighted by Crippen LogP contribution is 2.36. The van der Waals surface area contributed by atoms with E-state index in [0.717, 1.165) is 28.2 Å². The Balaban J connectivity index is 1.24. The molecule has 3 aromatic carbocycles. The number of fused-ring (bicyclic) bond motifs is 1. The Kier molecular flexibility index (Phi) is 8.89. The number of rotatable bonds is 9. The van der Waals surface area contributed by atoms with Gasteiger partial charge in [0.15, 0.2) is 11.6 Å². The van der Waals surface area contributed by atoms with Crippen molar-refractivity contribution in [2.24, 2.45) is 0 Å². The van der Waals surface area contributed by atoms with Crippen LogP contribution in [-0.2, 0) is 0 Å². The molecule has 1 amide bonds. The first-order valence-electron chi connectivity index (χ1n) is 13.2. The van der Waals surface area contributed by atoms with Crippen molar-refractivity contribution in [3.8, 4) is 34.8 Å². The third kappa shape index (κ3) is 7.09. The highest BCUT2D eigenvalue weighted by Gasteiger charge is 2.13. The number of carbonyl (C=O) groups is 1. The van der Waals surface area contributed by atoms with E-state index in [0.29, 0.717) is 35.0 Å². The summed E-state index contributed by atoms with van der Waals surface area (Å²) in [7, 11) is 0. The van der Waals surface area contributed by atoms with E-state index in [1.165, 1.54) is 23.5 Å². The molecule has 1 N–H and O–H groups in total. The van der Waals surface area contributed by atoms with Crippen LogP contribution in [0.15, 0.2) is 91.1 Å². The monoisotopic (exact) mass is 565 g/mol. The number of hydrogen-bond donors (Lipinski definition) is 1. The third-order valence-corrected chi connectivity index (χ3v) is 7.34. The molecule has 8 heteroatoms. The van der Waals surface area contributed by atoms with E-state index < -0.39 is 5.82 Å². The number of nitrogens with zero attached hydrogens (tertiary/aromatic N) is 2. The standard InChI is InChI=1S/C33H28FN3O3S/c1-3-37(4-2)20-8-11-27-22-29-32(41-27)31(18-19-35-29)40-30-17-14-24(21-28(30)34)36-33(38)23-12-15-26(16-13-23)39-25-9-6-5-7-10-25/h5-7,9-10,12-19,21-22H,3-4,20H2,1-2H3,(H,36,38). The summed E-state index contributed by atoms with van der Waals surface area (Å²) in [6.07, 6.45) is 1.63. The van der Waals surface area contributed by atoms with Gasteiger partial charge in [0.2, 0.25) is 0 Å². The number of amides is 1. The largest absolute Gasteiger partial charge is 0.457 e. The second-order valence-corrected chi connectivity index (χ2v) is 10.1. The zero-order valence-corrected chi connectivity index (χ0v) is 23.5. The van der Waals surface area contributed by atoms with Crippen molar-refractivity contribution in [3.05, 3.63) is 107 Å². The van der Waals surface area contributed by atoms with Gasteiger partial charge in [0.05, 0.1) is 21.6 Å². The number of para-hydroxylation sites is 1.